The van der Waals surface area contributed by atoms with Crippen LogP contribution in [0.2, 0.25) is 0 Å². The highest BCUT2D eigenvalue weighted by Gasteiger charge is 2.69. The number of hydrogen-bond donors (Lipinski definition) is 9. The molecule has 4 aliphatic carbocycles. The largest absolute Gasteiger partial charge is 0.394 e. The maximum absolute atomic E-state index is 13.5. The second kappa shape index (κ2) is 11.8. The summed E-state index contributed by atoms with van der Waals surface area (Å²) in [6.07, 6.45) is -6.69. The average molecular weight is 643 g/mol. The summed E-state index contributed by atoms with van der Waals surface area (Å²) in [5, 5.41) is 97.6. The van der Waals surface area contributed by atoms with Crippen LogP contribution in [0.5, 0.6) is 0 Å². The van der Waals surface area contributed by atoms with Crippen LogP contribution in [0.25, 0.3) is 0 Å². The first-order valence-electron chi connectivity index (χ1n) is 16.5. The molecule has 258 valence electrons. The Morgan fingerprint density at radius 1 is 0.978 bits per heavy atom. The first kappa shape index (κ1) is 35.3. The highest BCUT2D eigenvalue weighted by atomic mass is 16.7. The highest BCUT2D eigenvalue weighted by Crippen LogP contribution is 2.68. The third-order valence-electron chi connectivity index (χ3n) is 12.6. The van der Waals surface area contributed by atoms with Gasteiger partial charge in [-0.25, -0.2) is 0 Å². The number of allylic oxidation sites excluding steroid dienone is 1. The zero-order valence-corrected chi connectivity index (χ0v) is 27.0. The number of hydrogen-bond acceptors (Lipinski definition) is 12. The van der Waals surface area contributed by atoms with Gasteiger partial charge in [-0.3, -0.25) is 4.79 Å². The van der Waals surface area contributed by atoms with E-state index >= 15 is 0 Å². The van der Waals surface area contributed by atoms with Crippen LogP contribution < -0.4 is 0 Å². The second-order valence-electron chi connectivity index (χ2n) is 16.0. The van der Waals surface area contributed by atoms with Crippen molar-refractivity contribution in [2.75, 3.05) is 6.61 Å². The number of aliphatic hydroxyl groups excluding tert-OH is 6. The van der Waals surface area contributed by atoms with Crippen LogP contribution in [0.3, 0.4) is 0 Å². The predicted molar refractivity (Wildman–Crippen MR) is 159 cm³/mol. The van der Waals surface area contributed by atoms with Crippen molar-refractivity contribution in [2.45, 2.75) is 152 Å². The number of ether oxygens (including phenoxy) is 2. The molecule has 0 amide bonds. The fraction of sp³-hybridized carbons (Fsp3) is 0.909. The molecule has 45 heavy (non-hydrogen) atoms. The summed E-state index contributed by atoms with van der Waals surface area (Å²) in [4.78, 5) is 13.5. The lowest BCUT2D eigenvalue weighted by Gasteiger charge is -2.61. The molecule has 1 heterocycles. The Morgan fingerprint density at radius 3 is 2.27 bits per heavy atom. The quantitative estimate of drug-likeness (QED) is 0.166. The molecule has 5 rings (SSSR count). The van der Waals surface area contributed by atoms with Gasteiger partial charge in [-0.15, -0.1) is 0 Å². The van der Waals surface area contributed by atoms with Gasteiger partial charge in [0.2, 0.25) is 0 Å². The first-order chi connectivity index (χ1) is 20.7. The van der Waals surface area contributed by atoms with E-state index < -0.39 is 95.1 Å². The summed E-state index contributed by atoms with van der Waals surface area (Å²) in [6, 6.07) is 0. The molecular formula is C33H54O12. The van der Waals surface area contributed by atoms with E-state index in [-0.39, 0.29) is 43.8 Å². The first-order valence-corrected chi connectivity index (χ1v) is 16.5. The van der Waals surface area contributed by atoms with Crippen molar-refractivity contribution in [1.82, 2.24) is 0 Å². The maximum atomic E-state index is 13.5. The molecule has 3 saturated carbocycles. The summed E-state index contributed by atoms with van der Waals surface area (Å²) in [5.74, 6) is -1.40. The van der Waals surface area contributed by atoms with Gasteiger partial charge in [0.1, 0.15) is 24.4 Å². The summed E-state index contributed by atoms with van der Waals surface area (Å²) >= 11 is 0. The molecular weight excluding hydrogens is 588 g/mol. The zero-order valence-electron chi connectivity index (χ0n) is 27.0. The number of carbonyl (C=O) groups excluding carboxylic acids is 1. The maximum Gasteiger partial charge on any atom is 0.187 e. The van der Waals surface area contributed by atoms with Crippen LogP contribution in [0.4, 0.5) is 0 Å². The van der Waals surface area contributed by atoms with E-state index in [1.165, 1.54) is 0 Å². The summed E-state index contributed by atoms with van der Waals surface area (Å²) < 4.78 is 11.8. The third-order valence-corrected chi connectivity index (χ3v) is 12.6. The van der Waals surface area contributed by atoms with Crippen molar-refractivity contribution >= 4 is 5.78 Å². The van der Waals surface area contributed by atoms with Gasteiger partial charge in [0.05, 0.1) is 41.7 Å². The average Bonchev–Trinajstić information content (AvgIpc) is 3.23. The smallest absolute Gasteiger partial charge is 0.187 e. The molecule has 15 atom stereocenters. The molecule has 4 fully saturated rings. The lowest BCUT2D eigenvalue weighted by molar-refractivity contribution is -0.328. The molecule has 9 N–H and O–H groups in total. The molecule has 0 aromatic rings. The molecule has 0 spiro atoms. The van der Waals surface area contributed by atoms with Crippen molar-refractivity contribution in [1.29, 1.82) is 0 Å². The monoisotopic (exact) mass is 642 g/mol. The zero-order chi connectivity index (χ0) is 33.5. The van der Waals surface area contributed by atoms with Crippen molar-refractivity contribution < 1.29 is 60.2 Å². The van der Waals surface area contributed by atoms with Gasteiger partial charge < -0.3 is 55.4 Å². The second-order valence-corrected chi connectivity index (χ2v) is 16.0. The van der Waals surface area contributed by atoms with Gasteiger partial charge in [-0.2, -0.15) is 0 Å². The van der Waals surface area contributed by atoms with Crippen LogP contribution in [-0.2, 0) is 14.3 Å². The predicted octanol–water partition coefficient (Wildman–Crippen LogP) is -0.322. The van der Waals surface area contributed by atoms with Gasteiger partial charge >= 0.3 is 0 Å². The molecule has 1 aliphatic heterocycles. The molecule has 12 heteroatoms. The van der Waals surface area contributed by atoms with Crippen molar-refractivity contribution in [2.24, 2.45) is 28.6 Å². The minimum Gasteiger partial charge on any atom is -0.394 e. The summed E-state index contributed by atoms with van der Waals surface area (Å²) in [7, 11) is 0. The number of aliphatic hydroxyl groups is 9. The Bertz CT molecular complexity index is 1150. The van der Waals surface area contributed by atoms with Crippen molar-refractivity contribution in [3.63, 3.8) is 0 Å². The Kier molecular flexibility index (Phi) is 9.28. The van der Waals surface area contributed by atoms with E-state index in [0.717, 1.165) is 0 Å². The number of fused-ring (bicyclic) bond motifs is 5. The summed E-state index contributed by atoms with van der Waals surface area (Å²) in [5.41, 5.74) is -5.20. The third kappa shape index (κ3) is 5.65. The SMILES string of the molecule is CC(C)(O)CC[C@@H](O[C@@H]1O[C@H](CO)[C@H](O)[C@H](O)[C@H]1O)[C@](C)(O)[C@H]1CC[C@@]2(O)C3=CC(=O)[C@@H]4C[C@@H](O)[C@@H](O)C[C@]4(C)[C@H]3CC[C@]12C. The summed E-state index contributed by atoms with van der Waals surface area (Å²) in [6.45, 7) is 8.06. The number of carbonyl (C=O) groups is 1. The van der Waals surface area contributed by atoms with Crippen LogP contribution in [0, 0.1) is 28.6 Å². The van der Waals surface area contributed by atoms with Gasteiger partial charge in [0.15, 0.2) is 12.1 Å². The molecule has 0 unspecified atom stereocenters. The lowest BCUT2D eigenvalue weighted by atomic mass is 9.45. The van der Waals surface area contributed by atoms with Gasteiger partial charge in [-0.1, -0.05) is 13.8 Å². The van der Waals surface area contributed by atoms with Crippen LogP contribution in [0.15, 0.2) is 11.6 Å². The normalized spacial score (nSPS) is 48.9. The Hall–Kier alpha value is -1.03. The lowest BCUT2D eigenvalue weighted by Crippen LogP contribution is -2.64. The van der Waals surface area contributed by atoms with Gasteiger partial charge in [-0.05, 0) is 101 Å². The van der Waals surface area contributed by atoms with E-state index in [0.29, 0.717) is 24.8 Å². The molecule has 0 radical (unpaired) electrons. The minimum atomic E-state index is -1.69. The molecule has 0 aromatic heterocycles. The highest BCUT2D eigenvalue weighted by molar-refractivity contribution is 5.95. The topological polar surface area (TPSA) is 218 Å². The Balaban J connectivity index is 1.47. The number of ketones is 1. The Morgan fingerprint density at radius 2 is 1.64 bits per heavy atom. The van der Waals surface area contributed by atoms with E-state index in [1.54, 1.807) is 26.8 Å². The van der Waals surface area contributed by atoms with Crippen LogP contribution >= 0.6 is 0 Å². The molecule has 0 aromatic carbocycles. The van der Waals surface area contributed by atoms with Crippen molar-refractivity contribution in [3.8, 4) is 0 Å². The standard InChI is InChI=1S/C33H54O12/c1-29(2,41)9-8-24(45-28-27(40)26(39)25(38)22(15-34)44-28)32(5,42)23-7-11-33(43)17-12-19(35)18-13-20(36)21(37)14-30(18,3)16(17)6-10-31(23,33)4/h12,16,18,20-28,34,36-43H,6-11,13-15H2,1-5H3/t16-,18-,20+,21-,22+,23-,24+,25-,26-,27+,28-,30+,31+,32+,33+/m0/s1. The van der Waals surface area contributed by atoms with E-state index in [9.17, 15) is 50.8 Å². The fourth-order valence-electron chi connectivity index (χ4n) is 9.86. The van der Waals surface area contributed by atoms with Crippen LogP contribution in [-0.4, -0.2) is 124 Å². The minimum absolute atomic E-state index is 0.111. The van der Waals surface area contributed by atoms with Crippen LogP contribution in [0.1, 0.15) is 86.0 Å². The van der Waals surface area contributed by atoms with Gasteiger partial charge in [0, 0.05) is 11.3 Å². The van der Waals surface area contributed by atoms with E-state index in [4.69, 9.17) is 9.47 Å². The van der Waals surface area contributed by atoms with E-state index in [2.05, 4.69) is 0 Å². The molecule has 1 saturated heterocycles. The molecule has 5 aliphatic rings. The van der Waals surface area contributed by atoms with Gasteiger partial charge in [0.25, 0.3) is 0 Å². The molecule has 12 nitrogen and oxygen atoms in total. The van der Waals surface area contributed by atoms with E-state index in [1.807, 2.05) is 13.8 Å². The van der Waals surface area contributed by atoms with Crippen molar-refractivity contribution in [3.05, 3.63) is 11.6 Å². The number of rotatable bonds is 8. The molecule has 0 bridgehead atoms. The fourth-order valence-corrected chi connectivity index (χ4v) is 9.86. The Labute approximate surface area is 264 Å².